The van der Waals surface area contributed by atoms with Gasteiger partial charge in [0.2, 0.25) is 0 Å². The molecule has 1 heterocycles. The first kappa shape index (κ1) is 18.1. The van der Waals surface area contributed by atoms with Crippen molar-refractivity contribution < 1.29 is 18.7 Å². The summed E-state index contributed by atoms with van der Waals surface area (Å²) in [5.41, 5.74) is 0.718. The maximum absolute atomic E-state index is 13.9. The quantitative estimate of drug-likeness (QED) is 0.492. The summed E-state index contributed by atoms with van der Waals surface area (Å²) in [7, 11) is 0. The van der Waals surface area contributed by atoms with Crippen LogP contribution in [0.3, 0.4) is 0 Å². The second-order valence-electron chi connectivity index (χ2n) is 6.15. The van der Waals surface area contributed by atoms with Gasteiger partial charge in [-0.05, 0) is 12.1 Å². The summed E-state index contributed by atoms with van der Waals surface area (Å²) in [4.78, 5) is 12.4. The molecular formula is C22H14ClFO4. The SMILES string of the molecule is O=c1cc(-c2ccccc2)oc2cc(OCc3c(F)cccc3Cl)cc(O)c12. The third kappa shape index (κ3) is 3.44. The van der Waals surface area contributed by atoms with Crippen molar-refractivity contribution in [3.8, 4) is 22.8 Å². The monoisotopic (exact) mass is 396 g/mol. The molecule has 28 heavy (non-hydrogen) atoms. The van der Waals surface area contributed by atoms with Gasteiger partial charge in [0.25, 0.3) is 0 Å². The van der Waals surface area contributed by atoms with Crippen molar-refractivity contribution in [2.45, 2.75) is 6.61 Å². The minimum Gasteiger partial charge on any atom is -0.507 e. The molecule has 4 rings (SSSR count). The van der Waals surface area contributed by atoms with E-state index in [-0.39, 0.29) is 45.1 Å². The third-order valence-corrected chi connectivity index (χ3v) is 4.64. The number of aromatic hydroxyl groups is 1. The van der Waals surface area contributed by atoms with Gasteiger partial charge in [0, 0.05) is 29.3 Å². The first-order valence-electron chi connectivity index (χ1n) is 8.45. The van der Waals surface area contributed by atoms with Gasteiger partial charge in [0.05, 0.1) is 5.02 Å². The normalized spacial score (nSPS) is 10.9. The molecule has 0 aliphatic rings. The van der Waals surface area contributed by atoms with Crippen LogP contribution >= 0.6 is 11.6 Å². The van der Waals surface area contributed by atoms with Gasteiger partial charge in [0.1, 0.15) is 40.7 Å². The molecule has 0 spiro atoms. The zero-order chi connectivity index (χ0) is 19.7. The predicted molar refractivity (Wildman–Crippen MR) is 105 cm³/mol. The molecule has 0 atom stereocenters. The summed E-state index contributed by atoms with van der Waals surface area (Å²) >= 11 is 6.00. The maximum atomic E-state index is 13.9. The summed E-state index contributed by atoms with van der Waals surface area (Å²) in [6, 6.07) is 17.6. The summed E-state index contributed by atoms with van der Waals surface area (Å²) in [5.74, 6) is -0.180. The zero-order valence-electron chi connectivity index (χ0n) is 14.5. The van der Waals surface area contributed by atoms with Crippen LogP contribution in [-0.4, -0.2) is 5.11 Å². The molecule has 140 valence electrons. The van der Waals surface area contributed by atoms with E-state index in [0.29, 0.717) is 5.76 Å². The van der Waals surface area contributed by atoms with Gasteiger partial charge in [0.15, 0.2) is 5.43 Å². The number of hydrogen-bond donors (Lipinski definition) is 1. The van der Waals surface area contributed by atoms with Crippen LogP contribution in [0.5, 0.6) is 11.5 Å². The highest BCUT2D eigenvalue weighted by Crippen LogP contribution is 2.32. The van der Waals surface area contributed by atoms with E-state index in [1.165, 1.54) is 30.3 Å². The highest BCUT2D eigenvalue weighted by molar-refractivity contribution is 6.31. The Balaban J connectivity index is 1.73. The summed E-state index contributed by atoms with van der Waals surface area (Å²) < 4.78 is 25.3. The molecule has 0 saturated heterocycles. The zero-order valence-corrected chi connectivity index (χ0v) is 15.2. The Labute approximate surface area is 164 Å². The Morgan fingerprint density at radius 2 is 1.82 bits per heavy atom. The second-order valence-corrected chi connectivity index (χ2v) is 6.55. The molecule has 4 nitrogen and oxygen atoms in total. The van der Waals surface area contributed by atoms with Gasteiger partial charge >= 0.3 is 0 Å². The van der Waals surface area contributed by atoms with Crippen molar-refractivity contribution in [2.75, 3.05) is 0 Å². The number of phenols is 1. The number of fused-ring (bicyclic) bond motifs is 1. The summed E-state index contributed by atoms with van der Waals surface area (Å²) in [6.45, 7) is -0.140. The predicted octanol–water partition coefficient (Wildman–Crippen LogP) is 5.54. The second kappa shape index (κ2) is 7.37. The molecule has 3 aromatic carbocycles. The van der Waals surface area contributed by atoms with E-state index in [2.05, 4.69) is 0 Å². The third-order valence-electron chi connectivity index (χ3n) is 4.29. The van der Waals surface area contributed by atoms with Crippen LogP contribution in [-0.2, 0) is 6.61 Å². The van der Waals surface area contributed by atoms with E-state index < -0.39 is 5.82 Å². The molecule has 0 aliphatic heterocycles. The minimum atomic E-state index is -0.490. The van der Waals surface area contributed by atoms with Crippen LogP contribution in [0.4, 0.5) is 4.39 Å². The standard InChI is InChI=1S/C22H14ClFO4/c23-16-7-4-8-17(24)15(16)12-27-14-9-18(25)22-19(26)11-20(28-21(22)10-14)13-5-2-1-3-6-13/h1-11,25H,12H2. The van der Waals surface area contributed by atoms with Gasteiger partial charge in [-0.3, -0.25) is 4.79 Å². The Hall–Kier alpha value is -3.31. The fourth-order valence-electron chi connectivity index (χ4n) is 2.90. The topological polar surface area (TPSA) is 59.7 Å². The van der Waals surface area contributed by atoms with Gasteiger partial charge in [-0.15, -0.1) is 0 Å². The number of phenolic OH excluding ortho intramolecular Hbond substituents is 1. The van der Waals surface area contributed by atoms with Crippen molar-refractivity contribution in [2.24, 2.45) is 0 Å². The van der Waals surface area contributed by atoms with Gasteiger partial charge in [-0.2, -0.15) is 0 Å². The highest BCUT2D eigenvalue weighted by atomic mass is 35.5. The molecular weight excluding hydrogens is 383 g/mol. The smallest absolute Gasteiger partial charge is 0.197 e. The van der Waals surface area contributed by atoms with Crippen molar-refractivity contribution >= 4 is 22.6 Å². The largest absolute Gasteiger partial charge is 0.507 e. The first-order chi connectivity index (χ1) is 13.5. The van der Waals surface area contributed by atoms with E-state index in [4.69, 9.17) is 20.8 Å². The maximum Gasteiger partial charge on any atom is 0.197 e. The van der Waals surface area contributed by atoms with Crippen LogP contribution in [0.25, 0.3) is 22.3 Å². The Morgan fingerprint density at radius 1 is 1.04 bits per heavy atom. The molecule has 0 unspecified atom stereocenters. The van der Waals surface area contributed by atoms with Crippen LogP contribution < -0.4 is 10.2 Å². The van der Waals surface area contributed by atoms with E-state index in [1.54, 1.807) is 6.07 Å². The summed E-state index contributed by atoms with van der Waals surface area (Å²) in [5, 5.41) is 10.6. The molecule has 6 heteroatoms. The lowest BCUT2D eigenvalue weighted by atomic mass is 10.1. The molecule has 0 radical (unpaired) electrons. The molecule has 1 N–H and O–H groups in total. The molecule has 0 bridgehead atoms. The lowest BCUT2D eigenvalue weighted by Gasteiger charge is -2.11. The van der Waals surface area contributed by atoms with E-state index in [1.807, 2.05) is 30.3 Å². The lowest BCUT2D eigenvalue weighted by molar-refractivity contribution is 0.298. The van der Waals surface area contributed by atoms with Crippen LogP contribution in [0.15, 0.2) is 75.9 Å². The van der Waals surface area contributed by atoms with E-state index >= 15 is 0 Å². The fourth-order valence-corrected chi connectivity index (χ4v) is 3.11. The number of ether oxygens (including phenoxy) is 1. The van der Waals surface area contributed by atoms with Crippen LogP contribution in [0, 0.1) is 5.82 Å². The van der Waals surface area contributed by atoms with Gasteiger partial charge < -0.3 is 14.3 Å². The molecule has 4 aromatic rings. The molecule has 0 saturated carbocycles. The Bertz CT molecular complexity index is 1200. The van der Waals surface area contributed by atoms with Crippen molar-refractivity contribution in [3.05, 3.63) is 93.4 Å². The number of benzene rings is 3. The average Bonchev–Trinajstić information content (AvgIpc) is 2.67. The molecule has 0 amide bonds. The fraction of sp³-hybridized carbons (Fsp3) is 0.0455. The van der Waals surface area contributed by atoms with Crippen LogP contribution in [0.2, 0.25) is 5.02 Å². The number of hydrogen-bond acceptors (Lipinski definition) is 4. The van der Waals surface area contributed by atoms with Crippen molar-refractivity contribution in [1.82, 2.24) is 0 Å². The average molecular weight is 397 g/mol. The molecule has 0 aliphatic carbocycles. The summed E-state index contributed by atoms with van der Waals surface area (Å²) in [6.07, 6.45) is 0. The van der Waals surface area contributed by atoms with Gasteiger partial charge in [-0.25, -0.2) is 4.39 Å². The Morgan fingerprint density at radius 3 is 2.57 bits per heavy atom. The first-order valence-corrected chi connectivity index (χ1v) is 8.83. The van der Waals surface area contributed by atoms with E-state index in [9.17, 15) is 14.3 Å². The number of rotatable bonds is 4. The lowest BCUT2D eigenvalue weighted by Crippen LogP contribution is -2.03. The van der Waals surface area contributed by atoms with E-state index in [0.717, 1.165) is 5.56 Å². The molecule has 1 aromatic heterocycles. The van der Waals surface area contributed by atoms with Crippen molar-refractivity contribution in [1.29, 1.82) is 0 Å². The van der Waals surface area contributed by atoms with Crippen molar-refractivity contribution in [3.63, 3.8) is 0 Å². The highest BCUT2D eigenvalue weighted by Gasteiger charge is 2.14. The molecule has 0 fully saturated rings. The Kier molecular flexibility index (Phi) is 4.75. The van der Waals surface area contributed by atoms with Gasteiger partial charge in [-0.1, -0.05) is 48.0 Å². The minimum absolute atomic E-state index is 0.0518. The number of halogens is 2. The van der Waals surface area contributed by atoms with Crippen LogP contribution in [0.1, 0.15) is 5.56 Å².